The monoisotopic (exact) mass is 409 g/mol. The van der Waals surface area contributed by atoms with E-state index in [0.717, 1.165) is 20.5 Å². The zero-order chi connectivity index (χ0) is 19.8. The average molecular weight is 410 g/mol. The molecule has 0 aliphatic carbocycles. The molecule has 27 heavy (non-hydrogen) atoms. The van der Waals surface area contributed by atoms with Crippen LogP contribution in [0.2, 0.25) is 0 Å². The molecule has 1 aromatic heterocycles. The summed E-state index contributed by atoms with van der Waals surface area (Å²) < 4.78 is 30.5. The van der Waals surface area contributed by atoms with Crippen LogP contribution < -0.4 is 10.0 Å². The van der Waals surface area contributed by atoms with E-state index in [4.69, 9.17) is 0 Å². The maximum atomic E-state index is 12.9. The van der Waals surface area contributed by atoms with Crippen LogP contribution in [0.25, 0.3) is 0 Å². The second kappa shape index (κ2) is 7.63. The number of hydrogen-bond donors (Lipinski definition) is 2. The molecule has 3 rings (SSSR count). The third kappa shape index (κ3) is 4.03. The molecule has 1 fully saturated rings. The quantitative estimate of drug-likeness (QED) is 0.749. The Morgan fingerprint density at radius 2 is 2.04 bits per heavy atom. The van der Waals surface area contributed by atoms with E-state index in [1.165, 1.54) is 18.8 Å². The van der Waals surface area contributed by atoms with Crippen molar-refractivity contribution in [1.82, 2.24) is 18.8 Å². The highest BCUT2D eigenvalue weighted by molar-refractivity contribution is 7.98. The highest BCUT2D eigenvalue weighted by atomic mass is 32.2. The van der Waals surface area contributed by atoms with Crippen molar-refractivity contribution < 1.29 is 13.2 Å². The molecule has 146 valence electrons. The fourth-order valence-electron chi connectivity index (χ4n) is 3.24. The number of nitrogens with one attached hydrogen (secondary N) is 2. The van der Waals surface area contributed by atoms with Crippen molar-refractivity contribution >= 4 is 33.6 Å². The highest BCUT2D eigenvalue weighted by Gasteiger charge is 2.41. The molecule has 1 saturated heterocycles. The molecule has 2 N–H and O–H groups in total. The molecule has 1 amide bonds. The molecular weight excluding hydrogens is 386 g/mol. The van der Waals surface area contributed by atoms with Gasteiger partial charge in [0.05, 0.1) is 17.4 Å². The second-order valence-corrected chi connectivity index (χ2v) is 9.09. The average Bonchev–Trinajstić information content (AvgIpc) is 2.95. The van der Waals surface area contributed by atoms with Crippen LogP contribution >= 0.6 is 11.8 Å². The van der Waals surface area contributed by atoms with Gasteiger partial charge in [0.15, 0.2) is 0 Å². The van der Waals surface area contributed by atoms with Gasteiger partial charge < -0.3 is 5.32 Å². The van der Waals surface area contributed by atoms with Gasteiger partial charge in [-0.2, -0.15) is 22.5 Å². The Morgan fingerprint density at radius 3 is 2.67 bits per heavy atom. The Morgan fingerprint density at radius 1 is 1.33 bits per heavy atom. The van der Waals surface area contributed by atoms with Gasteiger partial charge in [0.2, 0.25) is 5.91 Å². The van der Waals surface area contributed by atoms with Crippen LogP contribution in [0.4, 0.5) is 5.69 Å². The zero-order valence-corrected chi connectivity index (χ0v) is 17.3. The summed E-state index contributed by atoms with van der Waals surface area (Å²) in [6.45, 7) is 1.83. The molecule has 1 aliphatic rings. The largest absolute Gasteiger partial charge is 0.324 e. The number of aromatic nitrogens is 2. The lowest BCUT2D eigenvalue weighted by atomic mass is 10.00. The lowest BCUT2D eigenvalue weighted by molar-refractivity contribution is -0.120. The number of amides is 1. The van der Waals surface area contributed by atoms with E-state index in [9.17, 15) is 13.2 Å². The van der Waals surface area contributed by atoms with E-state index in [1.54, 1.807) is 17.9 Å². The standard InChI is InChI=1S/C17H23N5O3S2/c1-11-12(10-21(2)19-11)14-9-15(22(3)27(24,25)20-14)17(23)18-13-7-5-6-8-16(13)26-4/h5-8,10,14-15,20H,9H2,1-4H3,(H,18,23). The molecule has 0 bridgehead atoms. The third-order valence-corrected chi connectivity index (χ3v) is 7.05. The Bertz CT molecular complexity index is 957. The number of thioether (sulfide) groups is 1. The van der Waals surface area contributed by atoms with Crippen LogP contribution in [-0.2, 0) is 22.1 Å². The van der Waals surface area contributed by atoms with Gasteiger partial charge in [-0.05, 0) is 31.7 Å². The van der Waals surface area contributed by atoms with Gasteiger partial charge in [-0.1, -0.05) is 12.1 Å². The molecule has 0 radical (unpaired) electrons. The summed E-state index contributed by atoms with van der Waals surface area (Å²) in [5.74, 6) is -0.351. The predicted molar refractivity (Wildman–Crippen MR) is 106 cm³/mol. The van der Waals surface area contributed by atoms with Crippen molar-refractivity contribution in [2.75, 3.05) is 18.6 Å². The first-order valence-corrected chi connectivity index (χ1v) is 11.1. The topological polar surface area (TPSA) is 96.3 Å². The van der Waals surface area contributed by atoms with Crippen LogP contribution in [0.15, 0.2) is 35.4 Å². The van der Waals surface area contributed by atoms with Crippen molar-refractivity contribution in [2.45, 2.75) is 30.3 Å². The molecule has 2 atom stereocenters. The number of carbonyl (C=O) groups is 1. The number of likely N-dealkylation sites (N-methyl/N-ethyl adjacent to an activating group) is 1. The summed E-state index contributed by atoms with van der Waals surface area (Å²) in [7, 11) is -0.591. The molecule has 2 aromatic rings. The molecule has 10 heteroatoms. The van der Waals surface area contributed by atoms with E-state index < -0.39 is 22.3 Å². The smallest absolute Gasteiger partial charge is 0.280 e. The minimum Gasteiger partial charge on any atom is -0.324 e. The Labute approximate surface area is 163 Å². The fraction of sp³-hybridized carbons (Fsp3) is 0.412. The molecule has 0 spiro atoms. The summed E-state index contributed by atoms with van der Waals surface area (Å²) >= 11 is 1.52. The van der Waals surface area contributed by atoms with Crippen LogP contribution in [0, 0.1) is 6.92 Å². The van der Waals surface area contributed by atoms with Gasteiger partial charge in [-0.25, -0.2) is 0 Å². The molecule has 1 aromatic carbocycles. The van der Waals surface area contributed by atoms with Gasteiger partial charge >= 0.3 is 0 Å². The van der Waals surface area contributed by atoms with Gasteiger partial charge in [-0.3, -0.25) is 9.48 Å². The minimum absolute atomic E-state index is 0.315. The van der Waals surface area contributed by atoms with Gasteiger partial charge in [0.25, 0.3) is 10.2 Å². The van der Waals surface area contributed by atoms with Crippen molar-refractivity contribution in [3.05, 3.63) is 41.7 Å². The number of rotatable bonds is 4. The normalized spacial score (nSPS) is 22.5. The number of anilines is 1. The first kappa shape index (κ1) is 19.9. The molecule has 2 heterocycles. The minimum atomic E-state index is -3.79. The maximum absolute atomic E-state index is 12.9. The SMILES string of the molecule is CSc1ccccc1NC(=O)C1CC(c2cn(C)nc2C)NS(=O)(=O)N1C. The lowest BCUT2D eigenvalue weighted by Gasteiger charge is -2.36. The van der Waals surface area contributed by atoms with E-state index in [1.807, 2.05) is 37.4 Å². The zero-order valence-electron chi connectivity index (χ0n) is 15.6. The molecular formula is C17H23N5O3S2. The summed E-state index contributed by atoms with van der Waals surface area (Å²) in [5, 5.41) is 7.15. The predicted octanol–water partition coefficient (Wildman–Crippen LogP) is 1.67. The summed E-state index contributed by atoms with van der Waals surface area (Å²) in [6, 6.07) is 6.11. The number of aryl methyl sites for hydroxylation is 2. The Balaban J connectivity index is 1.88. The summed E-state index contributed by atoms with van der Waals surface area (Å²) in [5.41, 5.74) is 2.19. The maximum Gasteiger partial charge on any atom is 0.280 e. The van der Waals surface area contributed by atoms with Crippen LogP contribution in [0.5, 0.6) is 0 Å². The Kier molecular flexibility index (Phi) is 5.61. The third-order valence-electron chi connectivity index (χ3n) is 4.66. The first-order chi connectivity index (χ1) is 12.7. The molecule has 8 nitrogen and oxygen atoms in total. The Hall–Kier alpha value is -1.88. The van der Waals surface area contributed by atoms with E-state index in [2.05, 4.69) is 15.1 Å². The van der Waals surface area contributed by atoms with Crippen molar-refractivity contribution in [1.29, 1.82) is 0 Å². The van der Waals surface area contributed by atoms with Gasteiger partial charge in [0, 0.05) is 30.8 Å². The van der Waals surface area contributed by atoms with Crippen molar-refractivity contribution in [3.63, 3.8) is 0 Å². The number of carbonyl (C=O) groups excluding carboxylic acids is 1. The van der Waals surface area contributed by atoms with Crippen molar-refractivity contribution in [3.8, 4) is 0 Å². The summed E-state index contributed by atoms with van der Waals surface area (Å²) in [6.07, 6.45) is 4.02. The van der Waals surface area contributed by atoms with E-state index >= 15 is 0 Å². The van der Waals surface area contributed by atoms with E-state index in [-0.39, 0.29) is 5.91 Å². The highest BCUT2D eigenvalue weighted by Crippen LogP contribution is 2.31. The van der Waals surface area contributed by atoms with Crippen LogP contribution in [-0.4, -0.2) is 47.8 Å². The van der Waals surface area contributed by atoms with Gasteiger partial charge in [0.1, 0.15) is 6.04 Å². The van der Waals surface area contributed by atoms with Crippen LogP contribution in [0.1, 0.15) is 23.7 Å². The lowest BCUT2D eigenvalue weighted by Crippen LogP contribution is -2.56. The number of hydrogen-bond acceptors (Lipinski definition) is 5. The molecule has 2 unspecified atom stereocenters. The number of benzene rings is 1. The number of para-hydroxylation sites is 1. The van der Waals surface area contributed by atoms with E-state index in [0.29, 0.717) is 12.1 Å². The molecule has 0 saturated carbocycles. The number of nitrogens with zero attached hydrogens (tertiary/aromatic N) is 3. The van der Waals surface area contributed by atoms with Crippen molar-refractivity contribution in [2.24, 2.45) is 7.05 Å². The van der Waals surface area contributed by atoms with Crippen LogP contribution in [0.3, 0.4) is 0 Å². The fourth-order valence-corrected chi connectivity index (χ4v) is 5.06. The molecule has 1 aliphatic heterocycles. The first-order valence-electron chi connectivity index (χ1n) is 8.42. The second-order valence-electron chi connectivity index (χ2n) is 6.48. The summed E-state index contributed by atoms with van der Waals surface area (Å²) in [4.78, 5) is 13.8. The van der Waals surface area contributed by atoms with Gasteiger partial charge in [-0.15, -0.1) is 11.8 Å².